The smallest absolute Gasteiger partial charge is 0.126 e. The lowest BCUT2D eigenvalue weighted by Crippen LogP contribution is -2.42. The maximum Gasteiger partial charge on any atom is 0.126 e. The van der Waals surface area contributed by atoms with E-state index in [1.807, 2.05) is 12.1 Å². The molecule has 1 fully saturated rings. The van der Waals surface area contributed by atoms with Gasteiger partial charge in [-0.15, -0.1) is 0 Å². The minimum absolute atomic E-state index is 0.00563. The number of aliphatic hydroxyl groups is 1. The molecule has 0 radical (unpaired) electrons. The van der Waals surface area contributed by atoms with E-state index < -0.39 is 0 Å². The van der Waals surface area contributed by atoms with Crippen LogP contribution in [0.3, 0.4) is 0 Å². The van der Waals surface area contributed by atoms with Crippen LogP contribution in [0, 0.1) is 5.41 Å². The normalized spacial score (nSPS) is 15.1. The molecule has 5 heteroatoms. The van der Waals surface area contributed by atoms with Gasteiger partial charge < -0.3 is 15.7 Å². The summed E-state index contributed by atoms with van der Waals surface area (Å²) in [5.74, 6) is -0.00563. The summed E-state index contributed by atoms with van der Waals surface area (Å²) in [7, 11) is 0. The van der Waals surface area contributed by atoms with Crippen LogP contribution in [0.25, 0.3) is 0 Å². The number of aliphatic hydroxyl groups excluding tert-OH is 1. The molecule has 0 spiro atoms. The first-order valence-electron chi connectivity index (χ1n) is 6.65. The van der Waals surface area contributed by atoms with Crippen molar-refractivity contribution in [2.45, 2.75) is 31.7 Å². The number of hydrogen-bond acceptors (Lipinski definition) is 3. The lowest BCUT2D eigenvalue weighted by Gasteiger charge is -2.40. The first-order valence-corrected chi connectivity index (χ1v) is 7.03. The molecule has 0 aromatic heterocycles. The number of amidine groups is 1. The van der Waals surface area contributed by atoms with Crippen LogP contribution >= 0.6 is 11.6 Å². The van der Waals surface area contributed by atoms with Gasteiger partial charge in [0.25, 0.3) is 0 Å². The van der Waals surface area contributed by atoms with Crippen LogP contribution in [-0.2, 0) is 0 Å². The van der Waals surface area contributed by atoms with Gasteiger partial charge in [-0.05, 0) is 37.8 Å². The number of halogens is 1. The highest BCUT2D eigenvalue weighted by Gasteiger charge is 2.27. The average Bonchev–Trinajstić information content (AvgIpc) is 2.31. The maximum atomic E-state index is 9.05. The highest BCUT2D eigenvalue weighted by molar-refractivity contribution is 6.34. The van der Waals surface area contributed by atoms with Crippen LogP contribution in [0.1, 0.15) is 31.2 Å². The molecule has 0 bridgehead atoms. The van der Waals surface area contributed by atoms with E-state index >= 15 is 0 Å². The Hall–Kier alpha value is -1.26. The van der Waals surface area contributed by atoms with E-state index in [1.54, 1.807) is 6.07 Å². The number of benzene rings is 1. The fourth-order valence-electron chi connectivity index (χ4n) is 2.46. The predicted molar refractivity (Wildman–Crippen MR) is 79.2 cm³/mol. The Balaban J connectivity index is 2.34. The number of nitrogen functional groups attached to an aromatic ring is 1. The fraction of sp³-hybridized carbons (Fsp3) is 0.500. The third-order valence-electron chi connectivity index (χ3n) is 3.64. The van der Waals surface area contributed by atoms with E-state index in [0.29, 0.717) is 23.0 Å². The Morgan fingerprint density at radius 3 is 2.74 bits per heavy atom. The van der Waals surface area contributed by atoms with Crippen LogP contribution < -0.4 is 10.6 Å². The van der Waals surface area contributed by atoms with Gasteiger partial charge in [-0.3, -0.25) is 5.41 Å². The van der Waals surface area contributed by atoms with Crippen molar-refractivity contribution in [3.8, 4) is 0 Å². The van der Waals surface area contributed by atoms with Gasteiger partial charge >= 0.3 is 0 Å². The Morgan fingerprint density at radius 1 is 1.47 bits per heavy atom. The van der Waals surface area contributed by atoms with Crippen molar-refractivity contribution in [3.63, 3.8) is 0 Å². The van der Waals surface area contributed by atoms with Crippen molar-refractivity contribution >= 4 is 23.1 Å². The van der Waals surface area contributed by atoms with E-state index in [9.17, 15) is 0 Å². The molecule has 1 aliphatic carbocycles. The molecular formula is C14H20ClN3O. The van der Waals surface area contributed by atoms with Crippen molar-refractivity contribution in [1.82, 2.24) is 0 Å². The van der Waals surface area contributed by atoms with E-state index in [4.69, 9.17) is 27.9 Å². The molecule has 4 N–H and O–H groups in total. The molecule has 2 rings (SSSR count). The third kappa shape index (κ3) is 3.01. The van der Waals surface area contributed by atoms with Crippen molar-refractivity contribution in [1.29, 1.82) is 5.41 Å². The molecule has 0 amide bonds. The van der Waals surface area contributed by atoms with Crippen molar-refractivity contribution in [2.75, 3.05) is 18.1 Å². The van der Waals surface area contributed by atoms with Crippen LogP contribution in [0.4, 0.5) is 5.69 Å². The Bertz CT molecular complexity index is 460. The molecule has 19 heavy (non-hydrogen) atoms. The van der Waals surface area contributed by atoms with Gasteiger partial charge in [-0.2, -0.15) is 0 Å². The summed E-state index contributed by atoms with van der Waals surface area (Å²) >= 11 is 6.17. The molecule has 1 saturated carbocycles. The maximum absolute atomic E-state index is 9.05. The van der Waals surface area contributed by atoms with Gasteiger partial charge in [0, 0.05) is 24.9 Å². The summed E-state index contributed by atoms with van der Waals surface area (Å²) in [4.78, 5) is 2.24. The van der Waals surface area contributed by atoms with Gasteiger partial charge in [-0.1, -0.05) is 17.7 Å². The predicted octanol–water partition coefficient (Wildman–Crippen LogP) is 2.37. The quantitative estimate of drug-likeness (QED) is 0.554. The first kappa shape index (κ1) is 14.2. The number of nitrogens with two attached hydrogens (primary N) is 1. The highest BCUT2D eigenvalue weighted by atomic mass is 35.5. The Kier molecular flexibility index (Phi) is 4.66. The zero-order valence-corrected chi connectivity index (χ0v) is 11.7. The number of nitrogens with zero attached hydrogens (tertiary/aromatic N) is 1. The largest absolute Gasteiger partial charge is 0.396 e. The Labute approximate surface area is 118 Å². The summed E-state index contributed by atoms with van der Waals surface area (Å²) in [5.41, 5.74) is 7.18. The molecule has 1 aliphatic rings. The second-order valence-corrected chi connectivity index (χ2v) is 5.31. The molecule has 1 aromatic rings. The lowest BCUT2D eigenvalue weighted by atomic mass is 9.90. The van der Waals surface area contributed by atoms with Crippen LogP contribution in [0.2, 0.25) is 5.02 Å². The van der Waals surface area contributed by atoms with Gasteiger partial charge in [0.05, 0.1) is 10.6 Å². The van der Waals surface area contributed by atoms with Gasteiger partial charge in [-0.25, -0.2) is 0 Å². The zero-order valence-electron chi connectivity index (χ0n) is 10.9. The number of hydrogen-bond donors (Lipinski definition) is 3. The zero-order chi connectivity index (χ0) is 13.8. The van der Waals surface area contributed by atoms with E-state index in [0.717, 1.165) is 25.1 Å². The molecule has 1 aromatic carbocycles. The molecule has 0 atom stereocenters. The standard InChI is InChI=1S/C14H20ClN3O/c15-11-6-2-7-12(13(11)14(16)17)18(8-3-9-19)10-4-1-5-10/h2,6-7,10,19H,1,3-5,8-9H2,(H3,16,17). The molecule has 0 unspecified atom stereocenters. The minimum atomic E-state index is -0.00563. The van der Waals surface area contributed by atoms with Crippen LogP contribution in [-0.4, -0.2) is 30.1 Å². The molecule has 0 aliphatic heterocycles. The first-order chi connectivity index (χ1) is 9.15. The molecule has 0 saturated heterocycles. The topological polar surface area (TPSA) is 73.3 Å². The molecule has 104 valence electrons. The van der Waals surface area contributed by atoms with Crippen LogP contribution in [0.5, 0.6) is 0 Å². The number of rotatable bonds is 6. The molecule has 0 heterocycles. The second-order valence-electron chi connectivity index (χ2n) is 4.90. The van der Waals surface area contributed by atoms with E-state index in [-0.39, 0.29) is 12.4 Å². The summed E-state index contributed by atoms with van der Waals surface area (Å²) in [6.07, 6.45) is 4.24. The SMILES string of the molecule is N=C(N)c1c(Cl)cccc1N(CCCO)C1CCC1. The highest BCUT2D eigenvalue weighted by Crippen LogP contribution is 2.34. The lowest BCUT2D eigenvalue weighted by molar-refractivity contribution is 0.283. The summed E-state index contributed by atoms with van der Waals surface area (Å²) < 4.78 is 0. The average molecular weight is 282 g/mol. The van der Waals surface area contributed by atoms with Gasteiger partial charge in [0.15, 0.2) is 0 Å². The fourth-order valence-corrected chi connectivity index (χ4v) is 2.73. The molecule has 4 nitrogen and oxygen atoms in total. The van der Waals surface area contributed by atoms with Crippen molar-refractivity contribution < 1.29 is 5.11 Å². The second kappa shape index (κ2) is 6.26. The number of nitrogens with one attached hydrogen (secondary N) is 1. The van der Waals surface area contributed by atoms with E-state index in [1.165, 1.54) is 6.42 Å². The van der Waals surface area contributed by atoms with E-state index in [2.05, 4.69) is 4.90 Å². The summed E-state index contributed by atoms with van der Waals surface area (Å²) in [6.45, 7) is 0.932. The summed E-state index contributed by atoms with van der Waals surface area (Å²) in [6, 6.07) is 6.07. The van der Waals surface area contributed by atoms with Crippen molar-refractivity contribution in [3.05, 3.63) is 28.8 Å². The summed E-state index contributed by atoms with van der Waals surface area (Å²) in [5, 5.41) is 17.3. The van der Waals surface area contributed by atoms with Gasteiger partial charge in [0.2, 0.25) is 0 Å². The number of anilines is 1. The minimum Gasteiger partial charge on any atom is -0.396 e. The molecular weight excluding hydrogens is 262 g/mol. The monoisotopic (exact) mass is 281 g/mol. The third-order valence-corrected chi connectivity index (χ3v) is 3.96. The van der Waals surface area contributed by atoms with Crippen LogP contribution in [0.15, 0.2) is 18.2 Å². The Morgan fingerprint density at radius 2 is 2.21 bits per heavy atom. The van der Waals surface area contributed by atoms with Crippen molar-refractivity contribution in [2.24, 2.45) is 5.73 Å². The van der Waals surface area contributed by atoms with Gasteiger partial charge in [0.1, 0.15) is 5.84 Å².